The van der Waals surface area contributed by atoms with Gasteiger partial charge in [-0.15, -0.1) is 0 Å². The Morgan fingerprint density at radius 2 is 2.11 bits per heavy atom. The van der Waals surface area contributed by atoms with Gasteiger partial charge in [0.05, 0.1) is 12.7 Å². The van der Waals surface area contributed by atoms with E-state index in [0.29, 0.717) is 12.0 Å². The van der Waals surface area contributed by atoms with Crippen molar-refractivity contribution in [3.63, 3.8) is 0 Å². The Morgan fingerprint density at radius 1 is 1.32 bits per heavy atom. The van der Waals surface area contributed by atoms with Crippen LogP contribution in [0.3, 0.4) is 0 Å². The molecule has 19 heavy (non-hydrogen) atoms. The summed E-state index contributed by atoms with van der Waals surface area (Å²) in [5.74, 6) is 0.553. The fraction of sp³-hybridized carbons (Fsp3) is 1.00. The summed E-state index contributed by atoms with van der Waals surface area (Å²) in [5.41, 5.74) is -0.0478. The highest BCUT2D eigenvalue weighted by atomic mass is 16.5. The molecule has 2 N–H and O–H groups in total. The molecule has 1 aliphatic heterocycles. The van der Waals surface area contributed by atoms with Gasteiger partial charge in [-0.2, -0.15) is 0 Å². The molecule has 2 atom stereocenters. The summed E-state index contributed by atoms with van der Waals surface area (Å²) in [4.78, 5) is 0. The monoisotopic (exact) mass is 271 g/mol. The van der Waals surface area contributed by atoms with Crippen LogP contribution in [0.2, 0.25) is 0 Å². The van der Waals surface area contributed by atoms with Gasteiger partial charge in [-0.05, 0) is 44.6 Å². The molecule has 2 unspecified atom stereocenters. The number of hydrogen-bond donors (Lipinski definition) is 2. The summed E-state index contributed by atoms with van der Waals surface area (Å²) in [5, 5.41) is 13.3. The molecule has 0 spiro atoms. The second kappa shape index (κ2) is 7.58. The Labute approximate surface area is 116 Å². The normalized spacial score (nSPS) is 32.8. The topological polar surface area (TPSA) is 50.7 Å². The molecule has 0 aromatic rings. The molecule has 112 valence electrons. The van der Waals surface area contributed by atoms with Crippen molar-refractivity contribution in [2.75, 3.05) is 33.0 Å². The van der Waals surface area contributed by atoms with Crippen LogP contribution in [0.4, 0.5) is 0 Å². The number of hydrogen-bond acceptors (Lipinski definition) is 4. The van der Waals surface area contributed by atoms with Gasteiger partial charge in [0.1, 0.15) is 0 Å². The SMILES string of the molecule is CCNC1(CO)CCCC1CCOC1CCOCC1. The first-order chi connectivity index (χ1) is 9.30. The van der Waals surface area contributed by atoms with Crippen molar-refractivity contribution in [2.45, 2.75) is 57.1 Å². The van der Waals surface area contributed by atoms with Crippen LogP contribution in [-0.2, 0) is 9.47 Å². The number of likely N-dealkylation sites (N-methyl/N-ethyl adjacent to an activating group) is 1. The van der Waals surface area contributed by atoms with Gasteiger partial charge in [-0.25, -0.2) is 0 Å². The Bertz CT molecular complexity index is 256. The average molecular weight is 271 g/mol. The van der Waals surface area contributed by atoms with E-state index in [1.165, 1.54) is 12.8 Å². The fourth-order valence-corrected chi connectivity index (χ4v) is 3.63. The summed E-state index contributed by atoms with van der Waals surface area (Å²) >= 11 is 0. The molecule has 0 amide bonds. The van der Waals surface area contributed by atoms with Crippen LogP contribution in [0.25, 0.3) is 0 Å². The number of ether oxygens (including phenoxy) is 2. The highest BCUT2D eigenvalue weighted by molar-refractivity contribution is 4.98. The lowest BCUT2D eigenvalue weighted by molar-refractivity contribution is -0.0382. The van der Waals surface area contributed by atoms with Gasteiger partial charge in [-0.1, -0.05) is 13.3 Å². The molecular weight excluding hydrogens is 242 g/mol. The van der Waals surface area contributed by atoms with E-state index in [9.17, 15) is 5.11 Å². The third kappa shape index (κ3) is 3.91. The van der Waals surface area contributed by atoms with Crippen molar-refractivity contribution < 1.29 is 14.6 Å². The average Bonchev–Trinajstić information content (AvgIpc) is 2.84. The highest BCUT2D eigenvalue weighted by Gasteiger charge is 2.41. The molecule has 0 aromatic carbocycles. The molecule has 0 radical (unpaired) electrons. The molecule has 1 saturated carbocycles. The molecule has 4 nitrogen and oxygen atoms in total. The fourth-order valence-electron chi connectivity index (χ4n) is 3.63. The van der Waals surface area contributed by atoms with E-state index in [1.807, 2.05) is 0 Å². The van der Waals surface area contributed by atoms with E-state index >= 15 is 0 Å². The van der Waals surface area contributed by atoms with Crippen LogP contribution in [-0.4, -0.2) is 49.7 Å². The lowest BCUT2D eigenvalue weighted by Crippen LogP contribution is -2.51. The smallest absolute Gasteiger partial charge is 0.0619 e. The van der Waals surface area contributed by atoms with Gasteiger partial charge < -0.3 is 19.9 Å². The molecule has 1 heterocycles. The Hall–Kier alpha value is -0.160. The van der Waals surface area contributed by atoms with Crippen molar-refractivity contribution in [3.8, 4) is 0 Å². The van der Waals surface area contributed by atoms with Gasteiger partial charge in [0.25, 0.3) is 0 Å². The molecule has 0 aromatic heterocycles. The van der Waals surface area contributed by atoms with Gasteiger partial charge >= 0.3 is 0 Å². The zero-order chi connectivity index (χ0) is 13.6. The summed E-state index contributed by atoms with van der Waals surface area (Å²) in [6.45, 7) is 5.80. The van der Waals surface area contributed by atoms with Crippen molar-refractivity contribution in [1.29, 1.82) is 0 Å². The predicted molar refractivity (Wildman–Crippen MR) is 75.2 cm³/mol. The van der Waals surface area contributed by atoms with Crippen LogP contribution in [0.5, 0.6) is 0 Å². The van der Waals surface area contributed by atoms with E-state index in [-0.39, 0.29) is 12.1 Å². The molecule has 1 saturated heterocycles. The van der Waals surface area contributed by atoms with Crippen LogP contribution in [0, 0.1) is 5.92 Å². The molecule has 1 aliphatic carbocycles. The molecule has 0 bridgehead atoms. The van der Waals surface area contributed by atoms with Gasteiger partial charge in [0.2, 0.25) is 0 Å². The van der Waals surface area contributed by atoms with Gasteiger partial charge in [0, 0.05) is 25.4 Å². The summed E-state index contributed by atoms with van der Waals surface area (Å²) < 4.78 is 11.3. The zero-order valence-corrected chi connectivity index (χ0v) is 12.2. The molecule has 2 rings (SSSR count). The first-order valence-corrected chi connectivity index (χ1v) is 7.86. The number of rotatable bonds is 7. The maximum Gasteiger partial charge on any atom is 0.0619 e. The van der Waals surface area contributed by atoms with Gasteiger partial charge in [0.15, 0.2) is 0 Å². The maximum absolute atomic E-state index is 9.75. The lowest BCUT2D eigenvalue weighted by Gasteiger charge is -2.35. The van der Waals surface area contributed by atoms with Crippen LogP contribution in [0.15, 0.2) is 0 Å². The number of aliphatic hydroxyl groups excluding tert-OH is 1. The standard InChI is InChI=1S/C15H29NO3/c1-2-16-15(12-17)8-3-4-13(15)5-11-19-14-6-9-18-10-7-14/h13-14,16-17H,2-12H2,1H3. The molecule has 2 aliphatic rings. The van der Waals surface area contributed by atoms with E-state index in [0.717, 1.165) is 52.0 Å². The Kier molecular flexibility index (Phi) is 6.07. The molecular formula is C15H29NO3. The zero-order valence-electron chi connectivity index (χ0n) is 12.2. The maximum atomic E-state index is 9.75. The first-order valence-electron chi connectivity index (χ1n) is 7.86. The van der Waals surface area contributed by atoms with Crippen LogP contribution in [0.1, 0.15) is 45.4 Å². The summed E-state index contributed by atoms with van der Waals surface area (Å²) in [7, 11) is 0. The summed E-state index contributed by atoms with van der Waals surface area (Å²) in [6.07, 6.45) is 7.04. The summed E-state index contributed by atoms with van der Waals surface area (Å²) in [6, 6.07) is 0. The predicted octanol–water partition coefficient (Wildman–Crippen LogP) is 1.71. The van der Waals surface area contributed by atoms with Gasteiger partial charge in [-0.3, -0.25) is 0 Å². The third-order valence-corrected chi connectivity index (χ3v) is 4.76. The van der Waals surface area contributed by atoms with Crippen LogP contribution >= 0.6 is 0 Å². The highest BCUT2D eigenvalue weighted by Crippen LogP contribution is 2.37. The Balaban J connectivity index is 1.74. The van der Waals surface area contributed by atoms with E-state index in [4.69, 9.17) is 9.47 Å². The second-order valence-electron chi connectivity index (χ2n) is 5.90. The van der Waals surface area contributed by atoms with Crippen molar-refractivity contribution in [1.82, 2.24) is 5.32 Å². The van der Waals surface area contributed by atoms with Crippen molar-refractivity contribution >= 4 is 0 Å². The van der Waals surface area contributed by atoms with E-state index < -0.39 is 0 Å². The minimum Gasteiger partial charge on any atom is -0.394 e. The lowest BCUT2D eigenvalue weighted by atomic mass is 9.85. The van der Waals surface area contributed by atoms with E-state index in [1.54, 1.807) is 0 Å². The molecule has 2 fully saturated rings. The second-order valence-corrected chi connectivity index (χ2v) is 5.90. The third-order valence-electron chi connectivity index (χ3n) is 4.76. The van der Waals surface area contributed by atoms with Crippen LogP contribution < -0.4 is 5.32 Å². The van der Waals surface area contributed by atoms with Crippen molar-refractivity contribution in [3.05, 3.63) is 0 Å². The number of aliphatic hydroxyl groups is 1. The first kappa shape index (κ1) is 15.2. The van der Waals surface area contributed by atoms with Crippen molar-refractivity contribution in [2.24, 2.45) is 5.92 Å². The molecule has 4 heteroatoms. The quantitative estimate of drug-likeness (QED) is 0.740. The van der Waals surface area contributed by atoms with E-state index in [2.05, 4.69) is 12.2 Å². The number of nitrogens with one attached hydrogen (secondary N) is 1. The minimum atomic E-state index is -0.0478. The Morgan fingerprint density at radius 3 is 2.79 bits per heavy atom. The largest absolute Gasteiger partial charge is 0.394 e. The minimum absolute atomic E-state index is 0.0478.